The molecule has 0 spiro atoms. The molecule has 0 atom stereocenters. The first-order chi connectivity index (χ1) is 22.7. The predicted molar refractivity (Wildman–Crippen MR) is 166 cm³/mol. The van der Waals surface area contributed by atoms with E-state index in [0.29, 0.717) is 17.8 Å². The van der Waals surface area contributed by atoms with Crippen LogP contribution in [-0.4, -0.2) is 72.2 Å². The van der Waals surface area contributed by atoms with Crippen molar-refractivity contribution >= 4 is 46.9 Å². The average molecular weight is 635 g/mol. The number of benzene rings is 4. The zero-order valence-electron chi connectivity index (χ0n) is 24.7. The van der Waals surface area contributed by atoms with E-state index >= 15 is 0 Å². The number of esters is 2. The number of ether oxygens (including phenoxy) is 2. The molecule has 0 aliphatic carbocycles. The van der Waals surface area contributed by atoms with Gasteiger partial charge >= 0.3 is 11.9 Å². The lowest BCUT2D eigenvalue weighted by molar-refractivity contribution is 0.0427. The third kappa shape index (κ3) is 5.78. The Morgan fingerprint density at radius 1 is 0.511 bits per heavy atom. The molecule has 0 bridgehead atoms. The summed E-state index contributed by atoms with van der Waals surface area (Å²) >= 11 is 0. The number of carbonyl (C=O) groups is 6. The predicted octanol–water partition coefficient (Wildman–Crippen LogP) is 3.18. The number of fused-ring (bicyclic) bond motifs is 2. The van der Waals surface area contributed by atoms with E-state index in [4.69, 9.17) is 19.7 Å². The second-order valence-electron chi connectivity index (χ2n) is 10.6. The van der Waals surface area contributed by atoms with E-state index in [0.717, 1.165) is 20.9 Å². The Labute approximate surface area is 267 Å². The summed E-state index contributed by atoms with van der Waals surface area (Å²) < 4.78 is 9.80. The van der Waals surface area contributed by atoms with Gasteiger partial charge in [-0.15, -0.1) is 0 Å². The van der Waals surface area contributed by atoms with Crippen LogP contribution in [0.1, 0.15) is 73.3 Å². The van der Waals surface area contributed by atoms with Gasteiger partial charge in [0.2, 0.25) is 0 Å². The molecule has 4 aromatic rings. The van der Waals surface area contributed by atoms with E-state index < -0.39 is 35.6 Å². The van der Waals surface area contributed by atoms with Gasteiger partial charge in [-0.1, -0.05) is 24.3 Å². The van der Waals surface area contributed by atoms with Crippen molar-refractivity contribution in [3.8, 4) is 0 Å². The van der Waals surface area contributed by atoms with Gasteiger partial charge in [0.05, 0.1) is 58.0 Å². The lowest BCUT2D eigenvalue weighted by Gasteiger charge is -2.15. The van der Waals surface area contributed by atoms with Gasteiger partial charge in [-0.05, 0) is 78.2 Å². The molecule has 4 aromatic carbocycles. The molecular weight excluding hydrogens is 608 g/mol. The van der Waals surface area contributed by atoms with Crippen molar-refractivity contribution in [2.45, 2.75) is 6.42 Å². The molecule has 2 aliphatic rings. The van der Waals surface area contributed by atoms with E-state index in [1.165, 1.54) is 36.4 Å². The van der Waals surface area contributed by atoms with Crippen LogP contribution in [-0.2, 0) is 15.9 Å². The highest BCUT2D eigenvalue weighted by Crippen LogP contribution is 2.32. The molecule has 2 N–H and O–H groups in total. The molecule has 2 heterocycles. The van der Waals surface area contributed by atoms with Crippen molar-refractivity contribution in [3.63, 3.8) is 0 Å². The minimum absolute atomic E-state index is 0.0803. The Kier molecular flexibility index (Phi) is 8.44. The first-order valence-electron chi connectivity index (χ1n) is 14.5. The first kappa shape index (κ1) is 31.0. The molecular formula is C35H26N2O10. The SMILES string of the molecule is O=C(OCCO)c1ccc2c(c1)C(=O)N(c1ccc(Cc3ccc(N4C(=O)c5ccc(C(=O)OCCO)cc5C4=O)cc3)cc1)C2=O. The van der Waals surface area contributed by atoms with Gasteiger partial charge in [-0.2, -0.15) is 0 Å². The molecule has 12 heteroatoms. The summed E-state index contributed by atoms with van der Waals surface area (Å²) in [6.45, 7) is -1.05. The normalized spacial score (nSPS) is 13.6. The van der Waals surface area contributed by atoms with Gasteiger partial charge in [0.1, 0.15) is 13.2 Å². The zero-order chi connectivity index (χ0) is 33.2. The molecule has 0 aromatic heterocycles. The number of nitrogens with zero attached hydrogens (tertiary/aromatic N) is 2. The summed E-state index contributed by atoms with van der Waals surface area (Å²) in [5.74, 6) is -3.61. The standard InChI is InChI=1S/C35H26N2O10/c38-13-15-46-34(44)22-5-11-26-28(18-22)32(42)36(30(26)40)24-7-1-20(2-8-24)17-21-3-9-25(10-4-21)37-31(41)27-12-6-23(19-29(27)33(37)43)35(45)47-16-14-39/h1-12,18-19,38-39H,13-17H2. The summed E-state index contributed by atoms with van der Waals surface area (Å²) in [7, 11) is 0. The number of aliphatic hydroxyl groups excluding tert-OH is 2. The Bertz CT molecular complexity index is 1810. The fourth-order valence-corrected chi connectivity index (χ4v) is 5.41. The van der Waals surface area contributed by atoms with Crippen LogP contribution in [0.2, 0.25) is 0 Å². The first-order valence-corrected chi connectivity index (χ1v) is 14.5. The van der Waals surface area contributed by atoms with Gasteiger partial charge in [-0.3, -0.25) is 19.2 Å². The average Bonchev–Trinajstić information content (AvgIpc) is 3.49. The third-order valence-corrected chi connectivity index (χ3v) is 7.69. The molecule has 4 amide bonds. The Hall–Kier alpha value is -5.98. The van der Waals surface area contributed by atoms with Crippen LogP contribution < -0.4 is 9.80 Å². The third-order valence-electron chi connectivity index (χ3n) is 7.69. The monoisotopic (exact) mass is 634 g/mol. The van der Waals surface area contributed by atoms with Crippen LogP contribution >= 0.6 is 0 Å². The van der Waals surface area contributed by atoms with Gasteiger partial charge in [0, 0.05) is 0 Å². The molecule has 12 nitrogen and oxygen atoms in total. The summed E-state index contributed by atoms with van der Waals surface area (Å²) in [4.78, 5) is 78.8. The van der Waals surface area contributed by atoms with Crippen LogP contribution in [0.25, 0.3) is 0 Å². The van der Waals surface area contributed by atoms with Crippen molar-refractivity contribution in [2.24, 2.45) is 0 Å². The molecule has 0 radical (unpaired) electrons. The number of imide groups is 2. The number of anilines is 2. The fraction of sp³-hybridized carbons (Fsp3) is 0.143. The smallest absolute Gasteiger partial charge is 0.338 e. The lowest BCUT2D eigenvalue weighted by atomic mass is 10.0. The zero-order valence-corrected chi connectivity index (χ0v) is 24.7. The van der Waals surface area contributed by atoms with Crippen molar-refractivity contribution in [1.29, 1.82) is 0 Å². The molecule has 47 heavy (non-hydrogen) atoms. The van der Waals surface area contributed by atoms with E-state index in [-0.39, 0.29) is 59.8 Å². The van der Waals surface area contributed by atoms with E-state index in [2.05, 4.69) is 0 Å². The molecule has 0 fully saturated rings. The van der Waals surface area contributed by atoms with Gasteiger partial charge in [0.25, 0.3) is 23.6 Å². The van der Waals surface area contributed by atoms with E-state index in [1.54, 1.807) is 48.5 Å². The Morgan fingerprint density at radius 3 is 1.23 bits per heavy atom. The number of carbonyl (C=O) groups excluding carboxylic acids is 6. The van der Waals surface area contributed by atoms with Gasteiger partial charge in [-0.25, -0.2) is 19.4 Å². The topological polar surface area (TPSA) is 168 Å². The van der Waals surface area contributed by atoms with Crippen LogP contribution in [0.4, 0.5) is 11.4 Å². The molecule has 0 saturated heterocycles. The summed E-state index contributed by atoms with van der Waals surface area (Å²) in [5, 5.41) is 17.7. The quantitative estimate of drug-likeness (QED) is 0.195. The number of hydrogen-bond donors (Lipinski definition) is 2. The van der Waals surface area contributed by atoms with Crippen molar-refractivity contribution in [2.75, 3.05) is 36.2 Å². The Balaban J connectivity index is 1.13. The van der Waals surface area contributed by atoms with Crippen molar-refractivity contribution < 1.29 is 48.5 Å². The number of aliphatic hydroxyl groups is 2. The minimum Gasteiger partial charge on any atom is -0.460 e. The highest BCUT2D eigenvalue weighted by Gasteiger charge is 2.38. The minimum atomic E-state index is -0.713. The molecule has 2 aliphatic heterocycles. The highest BCUT2D eigenvalue weighted by atomic mass is 16.5. The summed E-state index contributed by atoms with van der Waals surface area (Å²) in [6.07, 6.45) is 0.476. The van der Waals surface area contributed by atoms with Gasteiger partial charge < -0.3 is 19.7 Å². The van der Waals surface area contributed by atoms with Crippen LogP contribution in [0, 0.1) is 0 Å². The molecule has 6 rings (SSSR count). The van der Waals surface area contributed by atoms with E-state index in [1.807, 2.05) is 0 Å². The van der Waals surface area contributed by atoms with E-state index in [9.17, 15) is 28.8 Å². The maximum atomic E-state index is 13.1. The fourth-order valence-electron chi connectivity index (χ4n) is 5.41. The summed E-state index contributed by atoms with van der Waals surface area (Å²) in [6, 6.07) is 21.9. The largest absolute Gasteiger partial charge is 0.460 e. The van der Waals surface area contributed by atoms with Crippen molar-refractivity contribution in [1.82, 2.24) is 0 Å². The second-order valence-corrected chi connectivity index (χ2v) is 10.6. The highest BCUT2D eigenvalue weighted by molar-refractivity contribution is 6.35. The van der Waals surface area contributed by atoms with Crippen LogP contribution in [0.3, 0.4) is 0 Å². The van der Waals surface area contributed by atoms with Crippen LogP contribution in [0.5, 0.6) is 0 Å². The summed E-state index contributed by atoms with van der Waals surface area (Å²) in [5.41, 5.74) is 3.13. The maximum absolute atomic E-state index is 13.1. The number of hydrogen-bond acceptors (Lipinski definition) is 10. The lowest BCUT2D eigenvalue weighted by Crippen LogP contribution is -2.29. The van der Waals surface area contributed by atoms with Crippen LogP contribution in [0.15, 0.2) is 84.9 Å². The molecule has 236 valence electrons. The second kappa shape index (κ2) is 12.8. The number of amides is 4. The molecule has 0 saturated carbocycles. The van der Waals surface area contributed by atoms with Gasteiger partial charge in [0.15, 0.2) is 0 Å². The maximum Gasteiger partial charge on any atom is 0.338 e. The van der Waals surface area contributed by atoms with Crippen molar-refractivity contribution in [3.05, 3.63) is 129 Å². The molecule has 0 unspecified atom stereocenters. The number of rotatable bonds is 10. The Morgan fingerprint density at radius 2 is 0.872 bits per heavy atom.